The monoisotopic (exact) mass is 281 g/mol. The first-order valence-corrected chi connectivity index (χ1v) is 7.93. The van der Waals surface area contributed by atoms with Crippen molar-refractivity contribution >= 4 is 16.3 Å². The number of ether oxygens (including phenoxy) is 1. The number of aromatic nitrogens is 2. The summed E-state index contributed by atoms with van der Waals surface area (Å²) in [6.45, 7) is 6.95. The summed E-state index contributed by atoms with van der Waals surface area (Å²) in [7, 11) is 0. The minimum atomic E-state index is 0.358. The van der Waals surface area contributed by atoms with Gasteiger partial charge in [-0.1, -0.05) is 13.8 Å². The van der Waals surface area contributed by atoms with E-state index in [1.807, 2.05) is 0 Å². The minimum Gasteiger partial charge on any atom is -0.380 e. The standard InChI is InChI=1S/C14H23N3OS/c1-3-5-15-13(11-18-7-4-2)9-12-10-17-6-8-19-14(17)16-12/h6,8,10,13,15H,3-5,7,9,11H2,1-2H3. The van der Waals surface area contributed by atoms with Crippen LogP contribution in [0.15, 0.2) is 17.8 Å². The topological polar surface area (TPSA) is 38.6 Å². The number of rotatable bonds is 9. The Balaban J connectivity index is 1.91. The molecular formula is C14H23N3OS. The maximum atomic E-state index is 5.68. The number of hydrogen-bond acceptors (Lipinski definition) is 4. The van der Waals surface area contributed by atoms with Crippen LogP contribution in [0.5, 0.6) is 0 Å². The highest BCUT2D eigenvalue weighted by Gasteiger charge is 2.12. The largest absolute Gasteiger partial charge is 0.380 e. The van der Waals surface area contributed by atoms with Gasteiger partial charge in [-0.05, 0) is 19.4 Å². The van der Waals surface area contributed by atoms with Crippen LogP contribution in [-0.4, -0.2) is 35.2 Å². The quantitative estimate of drug-likeness (QED) is 0.718. The smallest absolute Gasteiger partial charge is 0.193 e. The fraction of sp³-hybridized carbons (Fsp3) is 0.643. The molecule has 0 amide bonds. The van der Waals surface area contributed by atoms with Crippen molar-refractivity contribution in [2.24, 2.45) is 0 Å². The van der Waals surface area contributed by atoms with Gasteiger partial charge in [0.15, 0.2) is 4.96 Å². The summed E-state index contributed by atoms with van der Waals surface area (Å²) in [5.74, 6) is 0. The van der Waals surface area contributed by atoms with E-state index in [4.69, 9.17) is 4.74 Å². The number of hydrogen-bond donors (Lipinski definition) is 1. The summed E-state index contributed by atoms with van der Waals surface area (Å²) in [4.78, 5) is 5.70. The second-order valence-corrected chi connectivity index (χ2v) is 5.63. The van der Waals surface area contributed by atoms with Gasteiger partial charge in [0, 0.05) is 36.8 Å². The third kappa shape index (κ3) is 4.30. The van der Waals surface area contributed by atoms with E-state index in [0.29, 0.717) is 6.04 Å². The summed E-state index contributed by atoms with van der Waals surface area (Å²) in [5.41, 5.74) is 1.14. The molecule has 0 aliphatic carbocycles. The van der Waals surface area contributed by atoms with Crippen LogP contribution in [0.3, 0.4) is 0 Å². The van der Waals surface area contributed by atoms with Gasteiger partial charge in [0.05, 0.1) is 12.3 Å². The molecular weight excluding hydrogens is 258 g/mol. The third-order valence-electron chi connectivity index (χ3n) is 2.95. The summed E-state index contributed by atoms with van der Waals surface area (Å²) < 4.78 is 7.76. The van der Waals surface area contributed by atoms with E-state index in [0.717, 1.165) is 49.7 Å². The van der Waals surface area contributed by atoms with Crippen molar-refractivity contribution in [3.8, 4) is 0 Å². The lowest BCUT2D eigenvalue weighted by Crippen LogP contribution is -2.36. The normalized spacial score (nSPS) is 13.2. The van der Waals surface area contributed by atoms with Crippen molar-refractivity contribution in [2.75, 3.05) is 19.8 Å². The van der Waals surface area contributed by atoms with Gasteiger partial charge in [-0.2, -0.15) is 0 Å². The highest BCUT2D eigenvalue weighted by atomic mass is 32.1. The van der Waals surface area contributed by atoms with Gasteiger partial charge in [-0.3, -0.25) is 4.40 Å². The Morgan fingerprint density at radius 1 is 1.42 bits per heavy atom. The predicted molar refractivity (Wildman–Crippen MR) is 80.0 cm³/mol. The van der Waals surface area contributed by atoms with Crippen LogP contribution < -0.4 is 5.32 Å². The number of imidazole rings is 1. The van der Waals surface area contributed by atoms with Gasteiger partial charge >= 0.3 is 0 Å². The summed E-state index contributed by atoms with van der Waals surface area (Å²) in [5, 5.41) is 5.60. The van der Waals surface area contributed by atoms with E-state index < -0.39 is 0 Å². The molecule has 2 aromatic heterocycles. The zero-order chi connectivity index (χ0) is 13.5. The summed E-state index contributed by atoms with van der Waals surface area (Å²) >= 11 is 1.67. The van der Waals surface area contributed by atoms with Crippen molar-refractivity contribution in [3.63, 3.8) is 0 Å². The molecule has 1 N–H and O–H groups in total. The van der Waals surface area contributed by atoms with Crippen molar-refractivity contribution < 1.29 is 4.74 Å². The molecule has 1 atom stereocenters. The summed E-state index contributed by atoms with van der Waals surface area (Å²) in [6, 6.07) is 0.358. The lowest BCUT2D eigenvalue weighted by molar-refractivity contribution is 0.111. The SMILES string of the molecule is CCCNC(COCCC)Cc1cn2ccsc2n1. The fourth-order valence-electron chi connectivity index (χ4n) is 2.04. The molecule has 2 rings (SSSR count). The Hall–Kier alpha value is -0.910. The average Bonchev–Trinajstić information content (AvgIpc) is 2.96. The van der Waals surface area contributed by atoms with E-state index in [9.17, 15) is 0 Å². The van der Waals surface area contributed by atoms with Crippen LogP contribution in [0.1, 0.15) is 32.4 Å². The molecule has 106 valence electrons. The van der Waals surface area contributed by atoms with Crippen molar-refractivity contribution in [1.82, 2.24) is 14.7 Å². The number of thiazole rings is 1. The number of nitrogens with zero attached hydrogens (tertiary/aromatic N) is 2. The molecule has 1 unspecified atom stereocenters. The molecule has 0 bridgehead atoms. The van der Waals surface area contributed by atoms with Gasteiger partial charge in [0.1, 0.15) is 0 Å². The van der Waals surface area contributed by atoms with E-state index in [2.05, 4.69) is 46.3 Å². The Labute approximate surface area is 118 Å². The minimum absolute atomic E-state index is 0.358. The van der Waals surface area contributed by atoms with E-state index in [1.54, 1.807) is 11.3 Å². The molecule has 0 saturated heterocycles. The summed E-state index contributed by atoms with van der Waals surface area (Å²) in [6.07, 6.45) is 7.31. The van der Waals surface area contributed by atoms with Crippen molar-refractivity contribution in [1.29, 1.82) is 0 Å². The predicted octanol–water partition coefficient (Wildman–Crippen LogP) is 2.73. The molecule has 0 spiro atoms. The maximum absolute atomic E-state index is 5.68. The van der Waals surface area contributed by atoms with Crippen LogP contribution in [0.2, 0.25) is 0 Å². The molecule has 0 aliphatic rings. The molecule has 5 heteroatoms. The lowest BCUT2D eigenvalue weighted by atomic mass is 10.1. The van der Waals surface area contributed by atoms with Gasteiger partial charge in [-0.25, -0.2) is 4.98 Å². The van der Waals surface area contributed by atoms with Crippen LogP contribution in [0.4, 0.5) is 0 Å². The Morgan fingerprint density at radius 2 is 2.32 bits per heavy atom. The van der Waals surface area contributed by atoms with Gasteiger partial charge in [-0.15, -0.1) is 11.3 Å². The molecule has 19 heavy (non-hydrogen) atoms. The van der Waals surface area contributed by atoms with Crippen LogP contribution >= 0.6 is 11.3 Å². The first-order valence-electron chi connectivity index (χ1n) is 7.05. The van der Waals surface area contributed by atoms with Gasteiger partial charge in [0.25, 0.3) is 0 Å². The van der Waals surface area contributed by atoms with Gasteiger partial charge < -0.3 is 10.1 Å². The number of nitrogens with one attached hydrogen (secondary N) is 1. The first-order chi connectivity index (χ1) is 9.33. The molecule has 2 heterocycles. The molecule has 2 aromatic rings. The van der Waals surface area contributed by atoms with Crippen molar-refractivity contribution in [3.05, 3.63) is 23.5 Å². The Kier molecular flexibility index (Phi) is 5.82. The molecule has 0 radical (unpaired) electrons. The molecule has 0 saturated carbocycles. The average molecular weight is 281 g/mol. The van der Waals surface area contributed by atoms with Crippen LogP contribution in [0, 0.1) is 0 Å². The fourth-order valence-corrected chi connectivity index (χ4v) is 2.75. The Morgan fingerprint density at radius 3 is 3.05 bits per heavy atom. The van der Waals surface area contributed by atoms with E-state index in [1.165, 1.54) is 0 Å². The van der Waals surface area contributed by atoms with Crippen LogP contribution in [-0.2, 0) is 11.2 Å². The second-order valence-electron chi connectivity index (χ2n) is 4.76. The van der Waals surface area contributed by atoms with Gasteiger partial charge in [0.2, 0.25) is 0 Å². The molecule has 0 fully saturated rings. The molecule has 4 nitrogen and oxygen atoms in total. The highest BCUT2D eigenvalue weighted by Crippen LogP contribution is 2.12. The second kappa shape index (κ2) is 7.62. The van der Waals surface area contributed by atoms with E-state index >= 15 is 0 Å². The van der Waals surface area contributed by atoms with Crippen LogP contribution in [0.25, 0.3) is 4.96 Å². The lowest BCUT2D eigenvalue weighted by Gasteiger charge is -2.17. The zero-order valence-electron chi connectivity index (χ0n) is 11.8. The molecule has 0 aliphatic heterocycles. The zero-order valence-corrected chi connectivity index (χ0v) is 12.6. The number of fused-ring (bicyclic) bond motifs is 1. The maximum Gasteiger partial charge on any atom is 0.193 e. The highest BCUT2D eigenvalue weighted by molar-refractivity contribution is 7.15. The van der Waals surface area contributed by atoms with E-state index in [-0.39, 0.29) is 0 Å². The Bertz CT molecular complexity index is 451. The van der Waals surface area contributed by atoms with Crippen molar-refractivity contribution in [2.45, 2.75) is 39.2 Å². The third-order valence-corrected chi connectivity index (χ3v) is 3.72. The molecule has 0 aromatic carbocycles. The first kappa shape index (κ1) is 14.5.